The molecule has 1 aliphatic heterocycles. The fraction of sp³-hybridized carbons (Fsp3) is 0.600. The maximum Gasteiger partial charge on any atom is 0.119 e. The van der Waals surface area contributed by atoms with Gasteiger partial charge in [0.05, 0.1) is 12.2 Å². The van der Waals surface area contributed by atoms with Gasteiger partial charge in [-0.25, -0.2) is 0 Å². The first kappa shape index (κ1) is 13.4. The number of hydrogen-bond donors (Lipinski definition) is 1. The molecule has 0 saturated carbocycles. The Hall–Kier alpha value is -1.06. The molecule has 18 heavy (non-hydrogen) atoms. The van der Waals surface area contributed by atoms with Gasteiger partial charge in [-0.2, -0.15) is 0 Å². The number of nitrogens with two attached hydrogens (primary N) is 1. The van der Waals surface area contributed by atoms with Crippen molar-refractivity contribution < 1.29 is 9.47 Å². The summed E-state index contributed by atoms with van der Waals surface area (Å²) in [7, 11) is 0. The van der Waals surface area contributed by atoms with Crippen LogP contribution in [0.5, 0.6) is 5.75 Å². The van der Waals surface area contributed by atoms with Gasteiger partial charge in [-0.05, 0) is 50.9 Å². The Bertz CT molecular complexity index is 361. The van der Waals surface area contributed by atoms with Gasteiger partial charge in [0.1, 0.15) is 5.75 Å². The summed E-state index contributed by atoms with van der Waals surface area (Å²) in [5.41, 5.74) is 7.03. The molecule has 2 unspecified atom stereocenters. The highest BCUT2D eigenvalue weighted by Gasteiger charge is 2.26. The Morgan fingerprint density at radius 3 is 2.67 bits per heavy atom. The van der Waals surface area contributed by atoms with Crippen LogP contribution in [0.3, 0.4) is 0 Å². The summed E-state index contributed by atoms with van der Waals surface area (Å²) in [5, 5.41) is 0. The molecule has 1 aromatic carbocycles. The summed E-state index contributed by atoms with van der Waals surface area (Å²) in [6.45, 7) is 5.59. The lowest BCUT2D eigenvalue weighted by Gasteiger charge is -2.31. The van der Waals surface area contributed by atoms with Gasteiger partial charge in [0.25, 0.3) is 0 Å². The molecule has 0 spiro atoms. The predicted molar refractivity (Wildman–Crippen MR) is 72.7 cm³/mol. The highest BCUT2D eigenvalue weighted by Crippen LogP contribution is 2.33. The zero-order valence-electron chi connectivity index (χ0n) is 11.3. The van der Waals surface area contributed by atoms with Crippen molar-refractivity contribution in [3.63, 3.8) is 0 Å². The Balaban J connectivity index is 2.07. The molecule has 2 atom stereocenters. The maximum atomic E-state index is 5.87. The lowest BCUT2D eigenvalue weighted by Crippen LogP contribution is -2.28. The van der Waals surface area contributed by atoms with Crippen LogP contribution in [0.25, 0.3) is 0 Å². The van der Waals surface area contributed by atoms with E-state index < -0.39 is 0 Å². The molecule has 0 bridgehead atoms. The molecule has 1 aromatic rings. The number of benzene rings is 1. The minimum Gasteiger partial charge on any atom is -0.491 e. The molecule has 1 fully saturated rings. The Morgan fingerprint density at radius 2 is 2.06 bits per heavy atom. The van der Waals surface area contributed by atoms with Gasteiger partial charge >= 0.3 is 0 Å². The third kappa shape index (κ3) is 3.24. The summed E-state index contributed by atoms with van der Waals surface area (Å²) in [5.74, 6) is 1.35. The molecule has 0 amide bonds. The molecular formula is C15H23NO2. The maximum absolute atomic E-state index is 5.87. The largest absolute Gasteiger partial charge is 0.491 e. The first-order valence-corrected chi connectivity index (χ1v) is 6.79. The van der Waals surface area contributed by atoms with E-state index in [9.17, 15) is 0 Å². The highest BCUT2D eigenvalue weighted by molar-refractivity contribution is 5.29. The number of rotatable bonds is 4. The average molecular weight is 249 g/mol. The quantitative estimate of drug-likeness (QED) is 0.892. The Kier molecular flexibility index (Phi) is 4.61. The summed E-state index contributed by atoms with van der Waals surface area (Å²) in [6.07, 6.45) is 2.63. The Labute approximate surface area is 109 Å². The van der Waals surface area contributed by atoms with Crippen LogP contribution in [-0.2, 0) is 4.74 Å². The normalized spacial score (nSPS) is 24.2. The van der Waals surface area contributed by atoms with Crippen LogP contribution in [0.15, 0.2) is 24.3 Å². The standard InChI is InChI=1S/C15H23NO2/c1-11(2)18-14-7-5-12(6-8-14)15-13(10-16)4-3-9-17-15/h5-8,11,13,15H,3-4,9-10,16H2,1-2H3. The third-order valence-electron chi connectivity index (χ3n) is 3.33. The highest BCUT2D eigenvalue weighted by atomic mass is 16.5. The first-order valence-electron chi connectivity index (χ1n) is 6.79. The van der Waals surface area contributed by atoms with Crippen molar-refractivity contribution in [1.29, 1.82) is 0 Å². The molecule has 0 radical (unpaired) electrons. The van der Waals surface area contributed by atoms with Gasteiger partial charge in [-0.3, -0.25) is 0 Å². The average Bonchev–Trinajstić information content (AvgIpc) is 2.39. The molecule has 3 heteroatoms. The second-order valence-electron chi connectivity index (χ2n) is 5.17. The summed E-state index contributed by atoms with van der Waals surface area (Å²) >= 11 is 0. The molecule has 0 aliphatic carbocycles. The molecule has 2 rings (SSSR count). The van der Waals surface area contributed by atoms with Crippen LogP contribution in [0, 0.1) is 5.92 Å². The second-order valence-corrected chi connectivity index (χ2v) is 5.17. The van der Waals surface area contributed by atoms with Crippen molar-refractivity contribution in [3.05, 3.63) is 29.8 Å². The fourth-order valence-corrected chi connectivity index (χ4v) is 2.46. The van der Waals surface area contributed by atoms with Crippen molar-refractivity contribution in [2.45, 2.75) is 38.9 Å². The topological polar surface area (TPSA) is 44.5 Å². The van der Waals surface area contributed by atoms with E-state index in [0.717, 1.165) is 25.2 Å². The van der Waals surface area contributed by atoms with E-state index in [-0.39, 0.29) is 12.2 Å². The summed E-state index contributed by atoms with van der Waals surface area (Å²) in [6, 6.07) is 8.22. The van der Waals surface area contributed by atoms with Crippen LogP contribution in [0.4, 0.5) is 0 Å². The summed E-state index contributed by atoms with van der Waals surface area (Å²) < 4.78 is 11.5. The van der Waals surface area contributed by atoms with E-state index in [1.54, 1.807) is 0 Å². The zero-order chi connectivity index (χ0) is 13.0. The van der Waals surface area contributed by atoms with E-state index in [2.05, 4.69) is 12.1 Å². The van der Waals surface area contributed by atoms with Crippen molar-refractivity contribution in [2.75, 3.05) is 13.2 Å². The van der Waals surface area contributed by atoms with Gasteiger partial charge in [0, 0.05) is 12.5 Å². The van der Waals surface area contributed by atoms with E-state index in [1.165, 1.54) is 5.56 Å². The van der Waals surface area contributed by atoms with Crippen LogP contribution < -0.4 is 10.5 Å². The van der Waals surface area contributed by atoms with Crippen LogP contribution in [0.1, 0.15) is 38.4 Å². The predicted octanol–water partition coefficient (Wildman–Crippen LogP) is 2.90. The van der Waals surface area contributed by atoms with Crippen LogP contribution >= 0.6 is 0 Å². The monoisotopic (exact) mass is 249 g/mol. The van der Waals surface area contributed by atoms with E-state index in [0.29, 0.717) is 12.5 Å². The van der Waals surface area contributed by atoms with Crippen molar-refractivity contribution in [3.8, 4) is 5.75 Å². The third-order valence-corrected chi connectivity index (χ3v) is 3.33. The van der Waals surface area contributed by atoms with E-state index in [4.69, 9.17) is 15.2 Å². The lowest BCUT2D eigenvalue weighted by molar-refractivity contribution is -0.0251. The first-order chi connectivity index (χ1) is 8.70. The molecular weight excluding hydrogens is 226 g/mol. The van der Waals surface area contributed by atoms with Crippen molar-refractivity contribution in [1.82, 2.24) is 0 Å². The lowest BCUT2D eigenvalue weighted by atomic mass is 9.89. The molecule has 1 heterocycles. The number of ether oxygens (including phenoxy) is 2. The fourth-order valence-electron chi connectivity index (χ4n) is 2.46. The molecule has 3 nitrogen and oxygen atoms in total. The van der Waals surface area contributed by atoms with Crippen molar-refractivity contribution >= 4 is 0 Å². The van der Waals surface area contributed by atoms with Gasteiger partial charge < -0.3 is 15.2 Å². The van der Waals surface area contributed by atoms with Gasteiger partial charge in [-0.15, -0.1) is 0 Å². The van der Waals surface area contributed by atoms with E-state index >= 15 is 0 Å². The summed E-state index contributed by atoms with van der Waals surface area (Å²) in [4.78, 5) is 0. The zero-order valence-corrected chi connectivity index (χ0v) is 11.3. The SMILES string of the molecule is CC(C)Oc1ccc(C2OCCCC2CN)cc1. The molecule has 1 aliphatic rings. The van der Waals surface area contributed by atoms with Gasteiger partial charge in [0.2, 0.25) is 0 Å². The van der Waals surface area contributed by atoms with Crippen molar-refractivity contribution in [2.24, 2.45) is 11.7 Å². The number of hydrogen-bond acceptors (Lipinski definition) is 3. The van der Waals surface area contributed by atoms with Crippen LogP contribution in [-0.4, -0.2) is 19.3 Å². The minimum atomic E-state index is 0.150. The van der Waals surface area contributed by atoms with Gasteiger partial charge in [0.15, 0.2) is 0 Å². The minimum absolute atomic E-state index is 0.150. The van der Waals surface area contributed by atoms with E-state index in [1.807, 2.05) is 26.0 Å². The molecule has 1 saturated heterocycles. The molecule has 0 aromatic heterocycles. The molecule has 2 N–H and O–H groups in total. The molecule has 100 valence electrons. The van der Waals surface area contributed by atoms with Gasteiger partial charge in [-0.1, -0.05) is 12.1 Å². The second kappa shape index (κ2) is 6.21. The Morgan fingerprint density at radius 1 is 1.33 bits per heavy atom. The van der Waals surface area contributed by atoms with Crippen LogP contribution in [0.2, 0.25) is 0 Å². The smallest absolute Gasteiger partial charge is 0.119 e.